The lowest BCUT2D eigenvalue weighted by molar-refractivity contribution is 0.104. The number of allylic oxidation sites excluding steroid dienone is 1. The minimum Gasteiger partial charge on any atom is -0.490 e. The van der Waals surface area contributed by atoms with Crippen LogP contribution in [0.1, 0.15) is 29.8 Å². The van der Waals surface area contributed by atoms with Crippen LogP contribution in [0, 0.1) is 0 Å². The van der Waals surface area contributed by atoms with Crippen LogP contribution in [0.5, 0.6) is 23.0 Å². The molecule has 2 aromatic carbocycles. The Morgan fingerprint density at radius 1 is 1.12 bits per heavy atom. The first kappa shape index (κ1) is 18.3. The molecule has 0 spiro atoms. The number of fused-ring (bicyclic) bond motifs is 1. The molecule has 0 saturated carbocycles. The van der Waals surface area contributed by atoms with Crippen molar-refractivity contribution in [3.8, 4) is 23.0 Å². The number of hydrogen-bond acceptors (Lipinski definition) is 5. The molecule has 5 nitrogen and oxygen atoms in total. The smallest absolute Gasteiger partial charge is 0.231 e. The predicted molar refractivity (Wildman–Crippen MR) is 102 cm³/mol. The number of carbonyl (C=O) groups is 1. The van der Waals surface area contributed by atoms with Crippen LogP contribution in [-0.4, -0.2) is 25.8 Å². The van der Waals surface area contributed by atoms with Crippen molar-refractivity contribution in [1.29, 1.82) is 0 Å². The summed E-state index contributed by atoms with van der Waals surface area (Å²) in [6, 6.07) is 8.89. The van der Waals surface area contributed by atoms with Gasteiger partial charge in [0, 0.05) is 5.56 Å². The lowest BCUT2D eigenvalue weighted by Crippen LogP contribution is -2.00. The van der Waals surface area contributed by atoms with Gasteiger partial charge in [-0.3, -0.25) is 4.79 Å². The van der Waals surface area contributed by atoms with Crippen LogP contribution < -0.4 is 18.9 Å². The molecule has 2 aromatic rings. The second-order valence-corrected chi connectivity index (χ2v) is 6.32. The van der Waals surface area contributed by atoms with Gasteiger partial charge in [-0.1, -0.05) is 6.08 Å². The van der Waals surface area contributed by atoms with E-state index < -0.39 is 0 Å². The summed E-state index contributed by atoms with van der Waals surface area (Å²) in [6.45, 7) is 5.07. The highest BCUT2D eigenvalue weighted by Crippen LogP contribution is 2.37. The fourth-order valence-electron chi connectivity index (χ4n) is 2.55. The molecule has 136 valence electrons. The molecule has 1 aliphatic rings. The lowest BCUT2D eigenvalue weighted by Gasteiger charge is -2.13. The molecule has 0 aliphatic carbocycles. The van der Waals surface area contributed by atoms with Gasteiger partial charge in [0.2, 0.25) is 6.79 Å². The minimum absolute atomic E-state index is 0.119. The van der Waals surface area contributed by atoms with Crippen LogP contribution in [0.25, 0.3) is 6.08 Å². The molecule has 1 heterocycles. The zero-order valence-electron chi connectivity index (χ0n) is 14.6. The number of hydrogen-bond donors (Lipinski definition) is 0. The fourth-order valence-corrected chi connectivity index (χ4v) is 3.12. The molecule has 0 fully saturated rings. The number of ketones is 1. The first-order valence-corrected chi connectivity index (χ1v) is 9.12. The Hall–Kier alpha value is -2.47. The van der Waals surface area contributed by atoms with Crippen molar-refractivity contribution in [2.24, 2.45) is 0 Å². The molecule has 0 radical (unpaired) electrons. The van der Waals surface area contributed by atoms with Crippen molar-refractivity contribution in [2.75, 3.05) is 20.0 Å². The summed E-state index contributed by atoms with van der Waals surface area (Å²) in [5, 5.41) is 0. The minimum atomic E-state index is -0.119. The quantitative estimate of drug-likeness (QED) is 0.474. The summed E-state index contributed by atoms with van der Waals surface area (Å²) >= 11 is 3.50. The Morgan fingerprint density at radius 3 is 2.65 bits per heavy atom. The highest BCUT2D eigenvalue weighted by molar-refractivity contribution is 9.10. The van der Waals surface area contributed by atoms with Crippen molar-refractivity contribution < 1.29 is 23.7 Å². The van der Waals surface area contributed by atoms with Crippen molar-refractivity contribution in [3.05, 3.63) is 52.0 Å². The molecule has 0 unspecified atom stereocenters. The molecule has 0 amide bonds. The molecule has 1 aliphatic heterocycles. The van der Waals surface area contributed by atoms with Gasteiger partial charge in [-0.25, -0.2) is 0 Å². The van der Waals surface area contributed by atoms with E-state index in [1.807, 2.05) is 26.0 Å². The van der Waals surface area contributed by atoms with Crippen LogP contribution in [-0.2, 0) is 0 Å². The zero-order valence-corrected chi connectivity index (χ0v) is 16.2. The topological polar surface area (TPSA) is 54.0 Å². The average molecular weight is 419 g/mol. The van der Waals surface area contributed by atoms with E-state index >= 15 is 0 Å². The first-order chi connectivity index (χ1) is 12.6. The Labute approximate surface area is 160 Å². The predicted octanol–water partition coefficient (Wildman–Crippen LogP) is 4.87. The fraction of sp³-hybridized carbons (Fsp3) is 0.250. The normalized spacial score (nSPS) is 12.4. The number of halogens is 1. The second-order valence-electron chi connectivity index (χ2n) is 5.46. The maximum Gasteiger partial charge on any atom is 0.231 e. The summed E-state index contributed by atoms with van der Waals surface area (Å²) in [6.07, 6.45) is 3.27. The van der Waals surface area contributed by atoms with E-state index in [0.29, 0.717) is 41.8 Å². The number of benzene rings is 2. The van der Waals surface area contributed by atoms with Gasteiger partial charge in [0.25, 0.3) is 0 Å². The van der Waals surface area contributed by atoms with Crippen LogP contribution in [0.15, 0.2) is 40.9 Å². The van der Waals surface area contributed by atoms with E-state index in [0.717, 1.165) is 10.0 Å². The van der Waals surface area contributed by atoms with Crippen LogP contribution >= 0.6 is 15.9 Å². The Balaban J connectivity index is 1.82. The number of ether oxygens (including phenoxy) is 4. The van der Waals surface area contributed by atoms with Gasteiger partial charge in [0.1, 0.15) is 0 Å². The Morgan fingerprint density at radius 2 is 1.88 bits per heavy atom. The Bertz CT molecular complexity index is 844. The van der Waals surface area contributed by atoms with Gasteiger partial charge < -0.3 is 18.9 Å². The molecule has 3 rings (SSSR count). The summed E-state index contributed by atoms with van der Waals surface area (Å²) in [4.78, 5) is 12.4. The molecule has 0 bridgehead atoms. The lowest BCUT2D eigenvalue weighted by atomic mass is 10.1. The SMILES string of the molecule is CCOc1cc(/C=C/C(=O)c2ccc3c(c2)OCO3)cc(Br)c1OCC. The largest absolute Gasteiger partial charge is 0.490 e. The molecule has 0 atom stereocenters. The van der Waals surface area contributed by atoms with E-state index in [9.17, 15) is 4.79 Å². The van der Waals surface area contributed by atoms with Gasteiger partial charge in [-0.2, -0.15) is 0 Å². The average Bonchev–Trinajstić information content (AvgIpc) is 3.10. The third-order valence-electron chi connectivity index (χ3n) is 3.70. The van der Waals surface area contributed by atoms with Gasteiger partial charge in [0.05, 0.1) is 17.7 Å². The molecule has 26 heavy (non-hydrogen) atoms. The highest BCUT2D eigenvalue weighted by Gasteiger charge is 2.15. The van der Waals surface area contributed by atoms with Crippen LogP contribution in [0.4, 0.5) is 0 Å². The van der Waals surface area contributed by atoms with Crippen LogP contribution in [0.2, 0.25) is 0 Å². The standard InChI is InChI=1S/C20H19BrO5/c1-3-23-19-10-13(9-15(21)20(19)24-4-2)5-7-16(22)14-6-8-17-18(11-14)26-12-25-17/h5-11H,3-4,12H2,1-2H3/b7-5+. The van der Waals surface area contributed by atoms with E-state index in [-0.39, 0.29) is 12.6 Å². The summed E-state index contributed by atoms with van der Waals surface area (Å²) in [5.41, 5.74) is 1.37. The monoisotopic (exact) mass is 418 g/mol. The van der Waals surface area contributed by atoms with Gasteiger partial charge in [-0.05, 0) is 71.7 Å². The maximum absolute atomic E-state index is 12.4. The molecule has 6 heteroatoms. The van der Waals surface area contributed by atoms with Crippen molar-refractivity contribution >= 4 is 27.8 Å². The zero-order chi connectivity index (χ0) is 18.5. The molecule has 0 N–H and O–H groups in total. The van der Waals surface area contributed by atoms with E-state index in [4.69, 9.17) is 18.9 Å². The molecular formula is C20H19BrO5. The van der Waals surface area contributed by atoms with E-state index in [1.165, 1.54) is 6.08 Å². The van der Waals surface area contributed by atoms with Crippen molar-refractivity contribution in [3.63, 3.8) is 0 Å². The van der Waals surface area contributed by atoms with Crippen LogP contribution in [0.3, 0.4) is 0 Å². The summed E-state index contributed by atoms with van der Waals surface area (Å²) in [7, 11) is 0. The molecule has 0 aromatic heterocycles. The van der Waals surface area contributed by atoms with Gasteiger partial charge in [-0.15, -0.1) is 0 Å². The third-order valence-corrected chi connectivity index (χ3v) is 4.29. The van der Waals surface area contributed by atoms with Crippen molar-refractivity contribution in [2.45, 2.75) is 13.8 Å². The van der Waals surface area contributed by atoms with E-state index in [2.05, 4.69) is 15.9 Å². The first-order valence-electron chi connectivity index (χ1n) is 8.33. The van der Waals surface area contributed by atoms with E-state index in [1.54, 1.807) is 24.3 Å². The molecular weight excluding hydrogens is 400 g/mol. The number of rotatable bonds is 7. The van der Waals surface area contributed by atoms with Crippen molar-refractivity contribution in [1.82, 2.24) is 0 Å². The van der Waals surface area contributed by atoms with Gasteiger partial charge in [0.15, 0.2) is 28.8 Å². The highest BCUT2D eigenvalue weighted by atomic mass is 79.9. The summed E-state index contributed by atoms with van der Waals surface area (Å²) in [5.74, 6) is 2.42. The summed E-state index contributed by atoms with van der Waals surface area (Å²) < 4.78 is 22.6. The maximum atomic E-state index is 12.4. The Kier molecular flexibility index (Phi) is 5.83. The second kappa shape index (κ2) is 8.27. The molecule has 0 saturated heterocycles. The van der Waals surface area contributed by atoms with Gasteiger partial charge >= 0.3 is 0 Å². The third kappa shape index (κ3) is 4.02. The number of carbonyl (C=O) groups excluding carboxylic acids is 1.